The standard InChI is InChI=1S/C21H40O2/c1-5-6-7-8-9-10-11-12-13-16-20(4)17-14-15-18-23-21(22)19(2)3/h20H,2,5-18H2,1,3-4H3. The summed E-state index contributed by atoms with van der Waals surface area (Å²) in [6, 6.07) is 0. The van der Waals surface area contributed by atoms with Crippen LogP contribution in [0.15, 0.2) is 12.2 Å². The normalized spacial score (nSPS) is 12.1. The lowest BCUT2D eigenvalue weighted by molar-refractivity contribution is -0.139. The molecule has 0 spiro atoms. The third-order valence-electron chi connectivity index (χ3n) is 4.47. The van der Waals surface area contributed by atoms with Crippen molar-refractivity contribution < 1.29 is 9.53 Å². The van der Waals surface area contributed by atoms with Gasteiger partial charge in [-0.3, -0.25) is 0 Å². The summed E-state index contributed by atoms with van der Waals surface area (Å²) in [5.74, 6) is 0.545. The topological polar surface area (TPSA) is 26.3 Å². The number of carbonyl (C=O) groups is 1. The molecule has 136 valence electrons. The van der Waals surface area contributed by atoms with E-state index in [4.69, 9.17) is 4.74 Å². The number of carbonyl (C=O) groups excluding carboxylic acids is 1. The van der Waals surface area contributed by atoms with Gasteiger partial charge in [-0.15, -0.1) is 0 Å². The van der Waals surface area contributed by atoms with Crippen molar-refractivity contribution in [3.63, 3.8) is 0 Å². The van der Waals surface area contributed by atoms with Gasteiger partial charge in [-0.1, -0.05) is 91.1 Å². The first kappa shape index (κ1) is 22.2. The van der Waals surface area contributed by atoms with E-state index in [1.807, 2.05) is 0 Å². The molecule has 2 nitrogen and oxygen atoms in total. The molecular formula is C21H40O2. The van der Waals surface area contributed by atoms with E-state index in [0.29, 0.717) is 12.2 Å². The smallest absolute Gasteiger partial charge is 0.333 e. The van der Waals surface area contributed by atoms with Crippen molar-refractivity contribution in [1.82, 2.24) is 0 Å². The molecule has 23 heavy (non-hydrogen) atoms. The first-order chi connectivity index (χ1) is 11.1. The monoisotopic (exact) mass is 324 g/mol. The fraction of sp³-hybridized carbons (Fsp3) is 0.857. The van der Waals surface area contributed by atoms with Gasteiger partial charge in [0.25, 0.3) is 0 Å². The quantitative estimate of drug-likeness (QED) is 0.177. The Kier molecular flexibility index (Phi) is 15.5. The average molecular weight is 325 g/mol. The number of ether oxygens (including phenoxy) is 1. The zero-order valence-corrected chi connectivity index (χ0v) is 16.0. The van der Waals surface area contributed by atoms with Gasteiger partial charge in [-0.2, -0.15) is 0 Å². The Morgan fingerprint density at radius 2 is 1.35 bits per heavy atom. The van der Waals surface area contributed by atoms with E-state index in [2.05, 4.69) is 20.4 Å². The van der Waals surface area contributed by atoms with E-state index in [-0.39, 0.29) is 5.97 Å². The van der Waals surface area contributed by atoms with E-state index in [1.54, 1.807) is 6.92 Å². The molecule has 0 radical (unpaired) electrons. The van der Waals surface area contributed by atoms with Crippen molar-refractivity contribution in [1.29, 1.82) is 0 Å². The fourth-order valence-corrected chi connectivity index (χ4v) is 2.83. The van der Waals surface area contributed by atoms with Crippen LogP contribution in [0.25, 0.3) is 0 Å². The highest BCUT2D eigenvalue weighted by molar-refractivity contribution is 5.86. The summed E-state index contributed by atoms with van der Waals surface area (Å²) >= 11 is 0. The van der Waals surface area contributed by atoms with Gasteiger partial charge in [0.05, 0.1) is 6.61 Å². The molecule has 0 rings (SSSR count). The van der Waals surface area contributed by atoms with Gasteiger partial charge < -0.3 is 4.74 Å². The predicted molar refractivity (Wildman–Crippen MR) is 101 cm³/mol. The first-order valence-electron chi connectivity index (χ1n) is 9.90. The molecule has 0 saturated heterocycles. The minimum absolute atomic E-state index is 0.257. The Hall–Kier alpha value is -0.790. The SMILES string of the molecule is C=C(C)C(=O)OCCCCC(C)CCCCCCCCCCC. The van der Waals surface area contributed by atoms with Gasteiger partial charge in [0.15, 0.2) is 0 Å². The lowest BCUT2D eigenvalue weighted by Gasteiger charge is -2.11. The van der Waals surface area contributed by atoms with Crippen LogP contribution in [0.4, 0.5) is 0 Å². The Balaban J connectivity index is 3.26. The second-order valence-corrected chi connectivity index (χ2v) is 7.13. The molecular weight excluding hydrogens is 284 g/mol. The van der Waals surface area contributed by atoms with E-state index in [1.165, 1.54) is 70.6 Å². The van der Waals surface area contributed by atoms with Crippen molar-refractivity contribution in [2.75, 3.05) is 6.61 Å². The zero-order valence-electron chi connectivity index (χ0n) is 16.0. The average Bonchev–Trinajstić information content (AvgIpc) is 2.52. The maximum atomic E-state index is 11.2. The van der Waals surface area contributed by atoms with Crippen LogP contribution in [0.1, 0.15) is 104 Å². The molecule has 0 aromatic heterocycles. The number of esters is 1. The van der Waals surface area contributed by atoms with Crippen molar-refractivity contribution in [3.8, 4) is 0 Å². The van der Waals surface area contributed by atoms with Crippen LogP contribution in [0, 0.1) is 5.92 Å². The van der Waals surface area contributed by atoms with Gasteiger partial charge in [0.2, 0.25) is 0 Å². The number of unbranched alkanes of at least 4 members (excludes halogenated alkanes) is 9. The fourth-order valence-electron chi connectivity index (χ4n) is 2.83. The molecule has 0 heterocycles. The van der Waals surface area contributed by atoms with Crippen LogP contribution in [0.5, 0.6) is 0 Å². The van der Waals surface area contributed by atoms with Gasteiger partial charge in [0, 0.05) is 5.57 Å². The van der Waals surface area contributed by atoms with Crippen molar-refractivity contribution in [2.45, 2.75) is 104 Å². The summed E-state index contributed by atoms with van der Waals surface area (Å²) in [5, 5.41) is 0. The van der Waals surface area contributed by atoms with Gasteiger partial charge in [-0.25, -0.2) is 4.79 Å². The van der Waals surface area contributed by atoms with Crippen LogP contribution in [-0.4, -0.2) is 12.6 Å². The molecule has 0 saturated carbocycles. The van der Waals surface area contributed by atoms with Gasteiger partial charge in [-0.05, 0) is 25.7 Å². The van der Waals surface area contributed by atoms with Crippen LogP contribution >= 0.6 is 0 Å². The highest BCUT2D eigenvalue weighted by Gasteiger charge is 2.04. The van der Waals surface area contributed by atoms with Crippen molar-refractivity contribution in [2.24, 2.45) is 5.92 Å². The summed E-state index contributed by atoms with van der Waals surface area (Å²) in [4.78, 5) is 11.2. The molecule has 1 unspecified atom stereocenters. The largest absolute Gasteiger partial charge is 0.462 e. The summed E-state index contributed by atoms with van der Waals surface area (Å²) < 4.78 is 5.11. The summed E-state index contributed by atoms with van der Waals surface area (Å²) in [6.07, 6.45) is 17.4. The number of hydrogen-bond donors (Lipinski definition) is 0. The van der Waals surface area contributed by atoms with Gasteiger partial charge in [0.1, 0.15) is 0 Å². The zero-order chi connectivity index (χ0) is 17.3. The van der Waals surface area contributed by atoms with E-state index in [0.717, 1.165) is 18.8 Å². The molecule has 0 aromatic rings. The van der Waals surface area contributed by atoms with E-state index >= 15 is 0 Å². The molecule has 0 aliphatic heterocycles. The lowest BCUT2D eigenvalue weighted by Crippen LogP contribution is -2.06. The van der Waals surface area contributed by atoms with Crippen LogP contribution < -0.4 is 0 Å². The molecule has 1 atom stereocenters. The Morgan fingerprint density at radius 1 is 0.870 bits per heavy atom. The second-order valence-electron chi connectivity index (χ2n) is 7.13. The summed E-state index contributed by atoms with van der Waals surface area (Å²) in [5.41, 5.74) is 0.490. The molecule has 0 N–H and O–H groups in total. The van der Waals surface area contributed by atoms with Crippen LogP contribution in [0.2, 0.25) is 0 Å². The molecule has 0 bridgehead atoms. The second kappa shape index (κ2) is 16.1. The molecule has 0 aliphatic rings. The Bertz CT molecular complexity index is 296. The Labute approximate surface area is 145 Å². The molecule has 0 amide bonds. The molecule has 0 fully saturated rings. The maximum Gasteiger partial charge on any atom is 0.333 e. The lowest BCUT2D eigenvalue weighted by atomic mass is 9.97. The highest BCUT2D eigenvalue weighted by atomic mass is 16.5. The number of rotatable bonds is 16. The van der Waals surface area contributed by atoms with Crippen LogP contribution in [0.3, 0.4) is 0 Å². The minimum Gasteiger partial charge on any atom is -0.462 e. The van der Waals surface area contributed by atoms with E-state index in [9.17, 15) is 4.79 Å². The van der Waals surface area contributed by atoms with E-state index < -0.39 is 0 Å². The van der Waals surface area contributed by atoms with Crippen LogP contribution in [-0.2, 0) is 9.53 Å². The maximum absolute atomic E-state index is 11.2. The highest BCUT2D eigenvalue weighted by Crippen LogP contribution is 2.17. The molecule has 0 aromatic carbocycles. The summed E-state index contributed by atoms with van der Waals surface area (Å²) in [7, 11) is 0. The van der Waals surface area contributed by atoms with Crippen molar-refractivity contribution >= 4 is 5.97 Å². The predicted octanol–water partition coefficient (Wildman–Crippen LogP) is 6.83. The number of hydrogen-bond acceptors (Lipinski definition) is 2. The molecule has 0 aliphatic carbocycles. The first-order valence-corrected chi connectivity index (χ1v) is 9.90. The van der Waals surface area contributed by atoms with Gasteiger partial charge >= 0.3 is 5.97 Å². The summed E-state index contributed by atoms with van der Waals surface area (Å²) in [6.45, 7) is 10.4. The third-order valence-corrected chi connectivity index (χ3v) is 4.47. The Morgan fingerprint density at radius 3 is 1.87 bits per heavy atom. The molecule has 2 heteroatoms. The third kappa shape index (κ3) is 15.9. The minimum atomic E-state index is -0.257. The van der Waals surface area contributed by atoms with Crippen molar-refractivity contribution in [3.05, 3.63) is 12.2 Å².